The highest BCUT2D eigenvalue weighted by molar-refractivity contribution is 7.99. The molecule has 0 radical (unpaired) electrons. The second kappa shape index (κ2) is 8.45. The van der Waals surface area contributed by atoms with Gasteiger partial charge in [0.05, 0.1) is 28.6 Å². The van der Waals surface area contributed by atoms with Gasteiger partial charge >= 0.3 is 0 Å². The van der Waals surface area contributed by atoms with Crippen LogP contribution in [0.1, 0.15) is 0 Å². The van der Waals surface area contributed by atoms with E-state index in [0.29, 0.717) is 10.2 Å². The number of tetrazole rings is 1. The van der Waals surface area contributed by atoms with Crippen molar-refractivity contribution in [3.05, 3.63) is 71.8 Å². The normalized spacial score (nSPS) is 11.2. The molecule has 10 heteroatoms. The van der Waals surface area contributed by atoms with Gasteiger partial charge in [0.1, 0.15) is 0 Å². The molecule has 5 aromatic rings. The van der Waals surface area contributed by atoms with Gasteiger partial charge in [-0.3, -0.25) is 0 Å². The summed E-state index contributed by atoms with van der Waals surface area (Å²) in [7, 11) is 0. The van der Waals surface area contributed by atoms with E-state index in [1.807, 2.05) is 42.5 Å². The number of aliphatic carboxylic acids is 1. The van der Waals surface area contributed by atoms with Gasteiger partial charge in [0, 0.05) is 5.56 Å². The Labute approximate surface area is 191 Å². The molecule has 158 valence electrons. The van der Waals surface area contributed by atoms with Crippen molar-refractivity contribution in [2.75, 3.05) is 0 Å². The number of carbonyl (C=O) groups is 1. The van der Waals surface area contributed by atoms with Crippen LogP contribution < -0.4 is 5.11 Å². The highest BCUT2D eigenvalue weighted by Crippen LogP contribution is 2.34. The molecular weight excluding hydrogens is 448 g/mol. The number of H-pyrrole nitrogens is 1. The van der Waals surface area contributed by atoms with Crippen LogP contribution in [0.4, 0.5) is 0 Å². The molecule has 1 N–H and O–H groups in total. The average Bonchev–Trinajstić information content (AvgIpc) is 3.39. The molecule has 5 rings (SSSR count). The summed E-state index contributed by atoms with van der Waals surface area (Å²) in [6, 6.07) is 22.1. The molecule has 0 spiro atoms. The summed E-state index contributed by atoms with van der Waals surface area (Å²) in [6.45, 7) is -0.440. The molecule has 0 fully saturated rings. The number of hydrogen-bond donors (Lipinski definition) is 1. The van der Waals surface area contributed by atoms with E-state index in [1.165, 1.54) is 0 Å². The Morgan fingerprint density at radius 1 is 1.03 bits per heavy atom. The minimum absolute atomic E-state index is 0.288. The Morgan fingerprint density at radius 2 is 1.75 bits per heavy atom. The van der Waals surface area contributed by atoms with E-state index in [-0.39, 0.29) is 5.16 Å². The Morgan fingerprint density at radius 3 is 2.50 bits per heavy atom. The summed E-state index contributed by atoms with van der Waals surface area (Å²) in [5.41, 5.74) is 5.59. The topological polar surface area (TPSA) is 112 Å². The van der Waals surface area contributed by atoms with Gasteiger partial charge in [0.15, 0.2) is 5.16 Å². The molecule has 3 aromatic carbocycles. The van der Waals surface area contributed by atoms with E-state index in [9.17, 15) is 9.90 Å². The first-order valence-electron chi connectivity index (χ1n) is 9.56. The molecule has 0 aliphatic carbocycles. The predicted octanol–water partition coefficient (Wildman–Crippen LogP) is 3.44. The number of aromatic nitrogens is 6. The van der Waals surface area contributed by atoms with E-state index >= 15 is 0 Å². The van der Waals surface area contributed by atoms with Crippen molar-refractivity contribution in [3.8, 4) is 22.3 Å². The first-order chi connectivity index (χ1) is 15.6. The molecule has 32 heavy (non-hydrogen) atoms. The SMILES string of the molecule is O=C([O-])Cn1nnnc1Sc1nc2cc(-c3ccc(-c4ccccc4)cc3)c(Cl)cc2[nH]1. The largest absolute Gasteiger partial charge is 0.548 e. The van der Waals surface area contributed by atoms with Crippen molar-refractivity contribution in [1.82, 2.24) is 30.2 Å². The zero-order valence-electron chi connectivity index (χ0n) is 16.4. The minimum Gasteiger partial charge on any atom is -0.548 e. The lowest BCUT2D eigenvalue weighted by Crippen LogP contribution is -2.28. The van der Waals surface area contributed by atoms with Crippen LogP contribution in [0.2, 0.25) is 5.02 Å². The lowest BCUT2D eigenvalue weighted by Gasteiger charge is -2.07. The molecule has 0 saturated heterocycles. The third-order valence-electron chi connectivity index (χ3n) is 4.82. The first kappa shape index (κ1) is 20.2. The fraction of sp³-hybridized carbons (Fsp3) is 0.0455. The Balaban J connectivity index is 1.44. The van der Waals surface area contributed by atoms with Crippen molar-refractivity contribution in [3.63, 3.8) is 0 Å². The van der Waals surface area contributed by atoms with Crippen LogP contribution >= 0.6 is 23.4 Å². The molecule has 2 aromatic heterocycles. The van der Waals surface area contributed by atoms with Gasteiger partial charge in [-0.25, -0.2) is 9.67 Å². The number of rotatable bonds is 6. The molecule has 0 amide bonds. The van der Waals surface area contributed by atoms with Crippen molar-refractivity contribution in [2.24, 2.45) is 0 Å². The number of nitrogens with zero attached hydrogens (tertiary/aromatic N) is 5. The maximum Gasteiger partial charge on any atom is 0.217 e. The standard InChI is InChI=1S/C22H15ClN6O2S/c23-17-11-19-18(24-21(25-19)32-22-26-27-28-29(22)12-20(30)31)10-16(17)15-8-6-14(7-9-15)13-4-2-1-3-5-13/h1-11H,12H2,(H,24,25)(H,30,31)/p-1. The highest BCUT2D eigenvalue weighted by Gasteiger charge is 2.14. The fourth-order valence-electron chi connectivity index (χ4n) is 3.33. The van der Waals surface area contributed by atoms with Crippen LogP contribution in [0.15, 0.2) is 77.0 Å². The van der Waals surface area contributed by atoms with Crippen molar-refractivity contribution in [1.29, 1.82) is 0 Å². The maximum absolute atomic E-state index is 10.8. The summed E-state index contributed by atoms with van der Waals surface area (Å²) in [4.78, 5) is 18.6. The zero-order valence-corrected chi connectivity index (χ0v) is 18.0. The first-order valence-corrected chi connectivity index (χ1v) is 10.8. The molecule has 0 atom stereocenters. The van der Waals surface area contributed by atoms with Crippen LogP contribution in [0.3, 0.4) is 0 Å². The third-order valence-corrected chi connectivity index (χ3v) is 5.99. The number of hydrogen-bond acceptors (Lipinski definition) is 7. The minimum atomic E-state index is -1.28. The van der Waals surface area contributed by atoms with E-state index in [1.54, 1.807) is 0 Å². The second-order valence-electron chi connectivity index (χ2n) is 6.93. The molecule has 0 unspecified atom stereocenters. The van der Waals surface area contributed by atoms with E-state index in [2.05, 4.69) is 49.8 Å². The van der Waals surface area contributed by atoms with E-state index < -0.39 is 12.5 Å². The predicted molar refractivity (Wildman–Crippen MR) is 119 cm³/mol. The van der Waals surface area contributed by atoms with Gasteiger partial charge in [0.2, 0.25) is 5.16 Å². The smallest absolute Gasteiger partial charge is 0.217 e. The lowest BCUT2D eigenvalue weighted by molar-refractivity contribution is -0.306. The van der Waals surface area contributed by atoms with Crippen molar-refractivity contribution < 1.29 is 9.90 Å². The number of fused-ring (bicyclic) bond motifs is 1. The molecule has 0 bridgehead atoms. The second-order valence-corrected chi connectivity index (χ2v) is 8.29. The van der Waals surface area contributed by atoms with Crippen molar-refractivity contribution in [2.45, 2.75) is 16.9 Å². The highest BCUT2D eigenvalue weighted by atomic mass is 35.5. The number of halogens is 1. The van der Waals surface area contributed by atoms with Gasteiger partial charge < -0.3 is 14.9 Å². The van der Waals surface area contributed by atoms with Crippen LogP contribution in [0.25, 0.3) is 33.3 Å². The fourth-order valence-corrected chi connectivity index (χ4v) is 4.36. The monoisotopic (exact) mass is 461 g/mol. The molecule has 0 aliphatic heterocycles. The van der Waals surface area contributed by atoms with Gasteiger partial charge in [0.25, 0.3) is 0 Å². The van der Waals surface area contributed by atoms with E-state index in [0.717, 1.165) is 49.7 Å². The number of carboxylic acid groups (broad SMARTS) is 1. The maximum atomic E-state index is 10.8. The van der Waals surface area contributed by atoms with Gasteiger partial charge in [-0.1, -0.05) is 66.2 Å². The van der Waals surface area contributed by atoms with Gasteiger partial charge in [-0.2, -0.15) is 0 Å². The Bertz CT molecular complexity index is 1420. The Kier molecular flexibility index (Phi) is 5.34. The van der Waals surface area contributed by atoms with Gasteiger partial charge in [-0.05, 0) is 51.0 Å². The van der Waals surface area contributed by atoms with Crippen LogP contribution in [0, 0.1) is 0 Å². The molecular formula is C22H14ClN6O2S-. The number of nitrogens with one attached hydrogen (secondary N) is 1. The van der Waals surface area contributed by atoms with Crippen LogP contribution in [-0.2, 0) is 11.3 Å². The summed E-state index contributed by atoms with van der Waals surface area (Å²) in [5, 5.41) is 23.2. The van der Waals surface area contributed by atoms with Gasteiger partial charge in [-0.15, -0.1) is 5.10 Å². The van der Waals surface area contributed by atoms with Crippen LogP contribution in [0.5, 0.6) is 0 Å². The number of carbonyl (C=O) groups excluding carboxylic acids is 1. The summed E-state index contributed by atoms with van der Waals surface area (Å²) in [5.74, 6) is -1.28. The molecule has 0 saturated carbocycles. The number of aromatic amines is 1. The number of imidazole rings is 1. The van der Waals surface area contributed by atoms with Crippen molar-refractivity contribution >= 4 is 40.4 Å². The number of benzene rings is 3. The average molecular weight is 462 g/mol. The van der Waals surface area contributed by atoms with Crippen LogP contribution in [-0.4, -0.2) is 36.1 Å². The summed E-state index contributed by atoms with van der Waals surface area (Å²) < 4.78 is 1.14. The molecule has 8 nitrogen and oxygen atoms in total. The quantitative estimate of drug-likeness (QED) is 0.412. The third kappa shape index (κ3) is 4.08. The zero-order chi connectivity index (χ0) is 22.1. The number of carboxylic acids is 1. The summed E-state index contributed by atoms with van der Waals surface area (Å²) in [6.07, 6.45) is 0. The molecule has 2 heterocycles. The molecule has 0 aliphatic rings. The summed E-state index contributed by atoms with van der Waals surface area (Å²) >= 11 is 7.69. The van der Waals surface area contributed by atoms with E-state index in [4.69, 9.17) is 11.6 Å². The Hall–Kier alpha value is -3.69. The lowest BCUT2D eigenvalue weighted by atomic mass is 10.00.